The number of nitrogens with zero attached hydrogens (tertiary/aromatic N) is 5. The third kappa shape index (κ3) is 2.90. The molecule has 1 aromatic heterocycles. The van der Waals surface area contributed by atoms with E-state index in [1.165, 1.54) is 0 Å². The van der Waals surface area contributed by atoms with Gasteiger partial charge in [-0.15, -0.1) is 0 Å². The van der Waals surface area contributed by atoms with Gasteiger partial charge in [0.1, 0.15) is 6.61 Å². The fraction of sp³-hybridized carbons (Fsp3) is 0.429. The molecule has 2 heterocycles. The zero-order valence-electron chi connectivity index (χ0n) is 12.7. The lowest BCUT2D eigenvalue weighted by Gasteiger charge is -2.28. The first-order valence-corrected chi connectivity index (χ1v) is 7.63. The molecule has 0 amide bonds. The molecule has 0 fully saturated rings. The first kappa shape index (κ1) is 15.8. The molecule has 0 saturated heterocycles. The topological polar surface area (TPSA) is 89.4 Å². The van der Waals surface area contributed by atoms with Gasteiger partial charge in [0.25, 0.3) is 5.69 Å². The van der Waals surface area contributed by atoms with Crippen molar-refractivity contribution < 1.29 is 10.0 Å². The van der Waals surface area contributed by atoms with Crippen molar-refractivity contribution in [3.05, 3.63) is 50.0 Å². The van der Waals surface area contributed by atoms with E-state index in [9.17, 15) is 15.2 Å². The monoisotopic (exact) mass is 335 g/mol. The molecule has 3 rings (SSSR count). The average Bonchev–Trinajstić information content (AvgIpc) is 2.81. The molecule has 1 aromatic carbocycles. The Morgan fingerprint density at radius 3 is 2.91 bits per heavy atom. The Bertz CT molecular complexity index is 813. The van der Waals surface area contributed by atoms with Gasteiger partial charge in [-0.3, -0.25) is 15.0 Å². The normalized spacial score (nSPS) is 14.7. The Morgan fingerprint density at radius 1 is 1.48 bits per heavy atom. The third-order valence-corrected chi connectivity index (χ3v) is 4.61. The standard InChI is InChI=1S/C14H17N5O3S/c1-16-13(8-20)15-18(14(16)23)9-17-6-5-11-10(7-17)3-2-4-12(11)19(21)22/h2-4,20H,5-9H2,1H3. The van der Waals surface area contributed by atoms with Crippen molar-refractivity contribution in [2.45, 2.75) is 26.2 Å². The summed E-state index contributed by atoms with van der Waals surface area (Å²) < 4.78 is 3.89. The number of nitro groups is 1. The van der Waals surface area contributed by atoms with Gasteiger partial charge in [-0.1, -0.05) is 12.1 Å². The molecule has 1 aliphatic heterocycles. The maximum atomic E-state index is 11.1. The highest BCUT2D eigenvalue weighted by Crippen LogP contribution is 2.27. The maximum absolute atomic E-state index is 11.1. The molecule has 0 radical (unpaired) electrons. The summed E-state index contributed by atoms with van der Waals surface area (Å²) in [5.74, 6) is 0.517. The molecule has 8 nitrogen and oxygen atoms in total. The van der Waals surface area contributed by atoms with Gasteiger partial charge in [-0.25, -0.2) is 4.68 Å². The van der Waals surface area contributed by atoms with Crippen molar-refractivity contribution in [2.24, 2.45) is 7.05 Å². The first-order valence-electron chi connectivity index (χ1n) is 7.22. The van der Waals surface area contributed by atoms with E-state index in [0.29, 0.717) is 36.8 Å². The summed E-state index contributed by atoms with van der Waals surface area (Å²) >= 11 is 5.32. The molecule has 23 heavy (non-hydrogen) atoms. The summed E-state index contributed by atoms with van der Waals surface area (Å²) in [7, 11) is 1.77. The predicted octanol–water partition coefficient (Wildman–Crippen LogP) is 1.37. The molecular formula is C14H17N5O3S. The Hall–Kier alpha value is -2.10. The quantitative estimate of drug-likeness (QED) is 0.516. The number of hydrogen-bond acceptors (Lipinski definition) is 6. The molecule has 1 N–H and O–H groups in total. The van der Waals surface area contributed by atoms with Crippen LogP contribution in [0.1, 0.15) is 17.0 Å². The van der Waals surface area contributed by atoms with Gasteiger partial charge in [0, 0.05) is 31.8 Å². The molecule has 0 saturated carbocycles. The number of hydrogen-bond donors (Lipinski definition) is 1. The van der Waals surface area contributed by atoms with Crippen LogP contribution in [0.15, 0.2) is 18.2 Å². The van der Waals surface area contributed by atoms with Crippen molar-refractivity contribution in [3.8, 4) is 0 Å². The van der Waals surface area contributed by atoms with Crippen LogP contribution in [-0.4, -0.2) is 35.8 Å². The number of aromatic nitrogens is 3. The Kier molecular flexibility index (Phi) is 4.24. The van der Waals surface area contributed by atoms with E-state index in [1.54, 1.807) is 28.4 Å². The fourth-order valence-corrected chi connectivity index (χ4v) is 3.10. The van der Waals surface area contributed by atoms with Gasteiger partial charge in [0.2, 0.25) is 0 Å². The Labute approximate surface area is 137 Å². The van der Waals surface area contributed by atoms with Crippen LogP contribution in [0.25, 0.3) is 0 Å². The third-order valence-electron chi connectivity index (χ3n) is 4.12. The molecule has 122 valence electrons. The fourth-order valence-electron chi connectivity index (χ4n) is 2.89. The van der Waals surface area contributed by atoms with Crippen molar-refractivity contribution in [2.75, 3.05) is 6.54 Å². The minimum absolute atomic E-state index is 0.165. The SMILES string of the molecule is Cn1c(CO)nn(CN2CCc3c(cccc3[N+](=O)[O-])C2)c1=S. The molecule has 0 unspecified atom stereocenters. The second-order valence-electron chi connectivity index (χ2n) is 5.53. The lowest BCUT2D eigenvalue weighted by Crippen LogP contribution is -2.33. The molecule has 0 bridgehead atoms. The van der Waals surface area contributed by atoms with E-state index in [4.69, 9.17) is 12.2 Å². The lowest BCUT2D eigenvalue weighted by atomic mass is 9.98. The molecule has 0 atom stereocenters. The summed E-state index contributed by atoms with van der Waals surface area (Å²) in [5, 5.41) is 24.7. The van der Waals surface area contributed by atoms with Crippen LogP contribution in [-0.2, 0) is 33.3 Å². The Balaban J connectivity index is 1.82. The number of fused-ring (bicyclic) bond motifs is 1. The molecule has 2 aromatic rings. The van der Waals surface area contributed by atoms with Crippen molar-refractivity contribution in [1.29, 1.82) is 0 Å². The second-order valence-corrected chi connectivity index (χ2v) is 5.90. The molecule has 0 aliphatic carbocycles. The van der Waals surface area contributed by atoms with Crippen LogP contribution in [0.5, 0.6) is 0 Å². The number of rotatable bonds is 4. The number of aliphatic hydroxyl groups is 1. The van der Waals surface area contributed by atoms with Crippen molar-refractivity contribution >= 4 is 17.9 Å². The largest absolute Gasteiger partial charge is 0.388 e. The van der Waals surface area contributed by atoms with E-state index in [1.807, 2.05) is 6.07 Å². The number of benzene rings is 1. The highest BCUT2D eigenvalue weighted by Gasteiger charge is 2.24. The summed E-state index contributed by atoms with van der Waals surface area (Å²) in [4.78, 5) is 12.9. The van der Waals surface area contributed by atoms with E-state index >= 15 is 0 Å². The minimum Gasteiger partial charge on any atom is -0.388 e. The van der Waals surface area contributed by atoms with Crippen LogP contribution in [0.2, 0.25) is 0 Å². The Morgan fingerprint density at radius 2 is 2.26 bits per heavy atom. The van der Waals surface area contributed by atoms with Gasteiger partial charge in [-0.2, -0.15) is 5.10 Å². The molecule has 9 heteroatoms. The zero-order valence-corrected chi connectivity index (χ0v) is 13.5. The summed E-state index contributed by atoms with van der Waals surface area (Å²) in [6.45, 7) is 1.64. The smallest absolute Gasteiger partial charge is 0.272 e. The highest BCUT2D eigenvalue weighted by molar-refractivity contribution is 7.71. The lowest BCUT2D eigenvalue weighted by molar-refractivity contribution is -0.385. The zero-order chi connectivity index (χ0) is 16.6. The number of aliphatic hydroxyl groups excluding tert-OH is 1. The van der Waals surface area contributed by atoms with E-state index < -0.39 is 0 Å². The number of nitro benzene ring substituents is 1. The van der Waals surface area contributed by atoms with Crippen LogP contribution >= 0.6 is 12.2 Å². The minimum atomic E-state index is -0.323. The molecule has 0 spiro atoms. The van der Waals surface area contributed by atoms with Gasteiger partial charge >= 0.3 is 0 Å². The second kappa shape index (κ2) is 6.19. The maximum Gasteiger partial charge on any atom is 0.272 e. The van der Waals surface area contributed by atoms with Gasteiger partial charge in [0.15, 0.2) is 10.6 Å². The highest BCUT2D eigenvalue weighted by atomic mass is 32.1. The van der Waals surface area contributed by atoms with Crippen LogP contribution in [0.3, 0.4) is 0 Å². The summed E-state index contributed by atoms with van der Waals surface area (Å²) in [6.07, 6.45) is 0.625. The summed E-state index contributed by atoms with van der Waals surface area (Å²) in [6, 6.07) is 5.19. The van der Waals surface area contributed by atoms with Crippen molar-refractivity contribution in [1.82, 2.24) is 19.2 Å². The average molecular weight is 335 g/mol. The van der Waals surface area contributed by atoms with Crippen molar-refractivity contribution in [3.63, 3.8) is 0 Å². The van der Waals surface area contributed by atoms with Gasteiger partial charge < -0.3 is 9.67 Å². The van der Waals surface area contributed by atoms with Crippen LogP contribution < -0.4 is 0 Å². The van der Waals surface area contributed by atoms with Crippen LogP contribution in [0.4, 0.5) is 5.69 Å². The van der Waals surface area contributed by atoms with E-state index in [0.717, 1.165) is 11.1 Å². The van der Waals surface area contributed by atoms with Gasteiger partial charge in [0.05, 0.1) is 11.6 Å². The summed E-state index contributed by atoms with van der Waals surface area (Å²) in [5.41, 5.74) is 1.98. The first-order chi connectivity index (χ1) is 11.0. The predicted molar refractivity (Wildman–Crippen MR) is 85.2 cm³/mol. The van der Waals surface area contributed by atoms with E-state index in [-0.39, 0.29) is 17.2 Å². The molecule has 1 aliphatic rings. The van der Waals surface area contributed by atoms with E-state index in [2.05, 4.69) is 10.00 Å². The van der Waals surface area contributed by atoms with Crippen LogP contribution in [0, 0.1) is 14.9 Å². The molecular weight excluding hydrogens is 318 g/mol. The van der Waals surface area contributed by atoms with Gasteiger partial charge in [-0.05, 0) is 24.2 Å².